The SMILES string of the molecule is C[C@@H](C(=O)Nc1ccccc1OC(F)F)N1CCCCCCC1. The van der Waals surface area contributed by atoms with Crippen LogP contribution in [0.1, 0.15) is 39.0 Å². The zero-order valence-corrected chi connectivity index (χ0v) is 13.4. The van der Waals surface area contributed by atoms with Gasteiger partial charge in [-0.3, -0.25) is 9.69 Å². The molecule has 1 N–H and O–H groups in total. The molecule has 0 aromatic heterocycles. The van der Waals surface area contributed by atoms with Crippen LogP contribution in [0.5, 0.6) is 5.75 Å². The molecular formula is C17H24F2N2O2. The predicted molar refractivity (Wildman–Crippen MR) is 85.8 cm³/mol. The molecule has 0 radical (unpaired) electrons. The molecule has 1 atom stereocenters. The fourth-order valence-electron chi connectivity index (χ4n) is 2.83. The molecule has 23 heavy (non-hydrogen) atoms. The van der Waals surface area contributed by atoms with E-state index in [0.717, 1.165) is 25.9 Å². The molecule has 1 aliphatic heterocycles. The second-order valence-electron chi connectivity index (χ2n) is 5.84. The number of rotatable bonds is 5. The second-order valence-corrected chi connectivity index (χ2v) is 5.84. The van der Waals surface area contributed by atoms with Crippen molar-refractivity contribution in [1.82, 2.24) is 4.90 Å². The lowest BCUT2D eigenvalue weighted by Gasteiger charge is -2.29. The molecule has 0 spiro atoms. The molecule has 0 unspecified atom stereocenters. The van der Waals surface area contributed by atoms with Gasteiger partial charge in [0.2, 0.25) is 5.91 Å². The summed E-state index contributed by atoms with van der Waals surface area (Å²) in [6, 6.07) is 5.95. The standard InChI is InChI=1S/C17H24F2N2O2/c1-13(21-11-7-3-2-4-8-12-21)16(22)20-14-9-5-6-10-15(14)23-17(18)19/h5-6,9-10,13,17H,2-4,7-8,11-12H2,1H3,(H,20,22)/t13-/m0/s1. The summed E-state index contributed by atoms with van der Waals surface area (Å²) in [6.45, 7) is 0.723. The van der Waals surface area contributed by atoms with E-state index < -0.39 is 6.61 Å². The Morgan fingerprint density at radius 3 is 2.39 bits per heavy atom. The summed E-state index contributed by atoms with van der Waals surface area (Å²) in [4.78, 5) is 14.6. The van der Waals surface area contributed by atoms with Crippen molar-refractivity contribution < 1.29 is 18.3 Å². The number of likely N-dealkylation sites (tertiary alicyclic amines) is 1. The summed E-state index contributed by atoms with van der Waals surface area (Å²) in [5, 5.41) is 2.71. The van der Waals surface area contributed by atoms with Crippen molar-refractivity contribution in [1.29, 1.82) is 0 Å². The van der Waals surface area contributed by atoms with E-state index in [1.807, 2.05) is 6.92 Å². The molecule has 1 saturated heterocycles. The van der Waals surface area contributed by atoms with Gasteiger partial charge in [0.15, 0.2) is 0 Å². The van der Waals surface area contributed by atoms with E-state index in [2.05, 4.69) is 15.0 Å². The lowest BCUT2D eigenvalue weighted by atomic mass is 10.1. The van der Waals surface area contributed by atoms with Gasteiger partial charge in [0.05, 0.1) is 11.7 Å². The van der Waals surface area contributed by atoms with Crippen molar-refractivity contribution in [3.8, 4) is 5.75 Å². The van der Waals surface area contributed by atoms with Gasteiger partial charge in [0, 0.05) is 0 Å². The molecule has 1 fully saturated rings. The van der Waals surface area contributed by atoms with Gasteiger partial charge in [-0.1, -0.05) is 31.4 Å². The average Bonchev–Trinajstić information content (AvgIpc) is 2.48. The Balaban J connectivity index is 2.00. The Hall–Kier alpha value is -1.69. The summed E-state index contributed by atoms with van der Waals surface area (Å²) in [7, 11) is 0. The van der Waals surface area contributed by atoms with Gasteiger partial charge < -0.3 is 10.1 Å². The fourth-order valence-corrected chi connectivity index (χ4v) is 2.83. The molecule has 4 nitrogen and oxygen atoms in total. The third-order valence-corrected chi connectivity index (χ3v) is 4.18. The lowest BCUT2D eigenvalue weighted by Crippen LogP contribution is -2.43. The molecule has 1 aliphatic rings. The van der Waals surface area contributed by atoms with Crippen molar-refractivity contribution >= 4 is 11.6 Å². The first kappa shape index (κ1) is 17.7. The summed E-state index contributed by atoms with van der Waals surface area (Å²) in [5.74, 6) is -0.216. The number of benzene rings is 1. The second kappa shape index (κ2) is 8.82. The maximum atomic E-state index is 12.5. The minimum atomic E-state index is -2.92. The third kappa shape index (κ3) is 5.46. The van der Waals surface area contributed by atoms with E-state index >= 15 is 0 Å². The van der Waals surface area contributed by atoms with Gasteiger partial charge in [0.1, 0.15) is 5.75 Å². The fraction of sp³-hybridized carbons (Fsp3) is 0.588. The molecule has 2 rings (SSSR count). The van der Waals surface area contributed by atoms with Crippen LogP contribution in [0.25, 0.3) is 0 Å². The van der Waals surface area contributed by atoms with Crippen LogP contribution in [0.2, 0.25) is 0 Å². The maximum Gasteiger partial charge on any atom is 0.387 e. The first-order valence-corrected chi connectivity index (χ1v) is 8.16. The van der Waals surface area contributed by atoms with E-state index in [4.69, 9.17) is 0 Å². The van der Waals surface area contributed by atoms with Crippen molar-refractivity contribution in [3.05, 3.63) is 24.3 Å². The van der Waals surface area contributed by atoms with E-state index in [9.17, 15) is 13.6 Å². The van der Waals surface area contributed by atoms with Gasteiger partial charge in [-0.05, 0) is 45.0 Å². The highest BCUT2D eigenvalue weighted by Gasteiger charge is 2.22. The van der Waals surface area contributed by atoms with Crippen LogP contribution in [0.3, 0.4) is 0 Å². The average molecular weight is 326 g/mol. The van der Waals surface area contributed by atoms with Crippen LogP contribution in [-0.4, -0.2) is 36.5 Å². The Bertz CT molecular complexity index is 503. The molecule has 1 heterocycles. The first-order valence-electron chi connectivity index (χ1n) is 8.16. The topological polar surface area (TPSA) is 41.6 Å². The number of carbonyl (C=O) groups excluding carboxylic acids is 1. The predicted octanol–water partition coefficient (Wildman–Crippen LogP) is 3.88. The van der Waals surface area contributed by atoms with Crippen molar-refractivity contribution in [3.63, 3.8) is 0 Å². The number of alkyl halides is 2. The highest BCUT2D eigenvalue weighted by atomic mass is 19.3. The normalized spacial score (nSPS) is 18.1. The Labute approximate surface area is 135 Å². The van der Waals surface area contributed by atoms with Crippen molar-refractivity contribution in [2.45, 2.75) is 51.7 Å². The number of hydrogen-bond donors (Lipinski definition) is 1. The number of ether oxygens (including phenoxy) is 1. The van der Waals surface area contributed by atoms with Crippen LogP contribution < -0.4 is 10.1 Å². The maximum absolute atomic E-state index is 12.5. The highest BCUT2D eigenvalue weighted by molar-refractivity contribution is 5.95. The zero-order chi connectivity index (χ0) is 16.7. The Kier molecular flexibility index (Phi) is 6.77. The molecule has 0 bridgehead atoms. The highest BCUT2D eigenvalue weighted by Crippen LogP contribution is 2.26. The number of halogens is 2. The monoisotopic (exact) mass is 326 g/mol. The molecule has 1 aromatic rings. The van der Waals surface area contributed by atoms with Gasteiger partial charge in [-0.2, -0.15) is 8.78 Å². The quantitative estimate of drug-likeness (QED) is 0.893. The van der Waals surface area contributed by atoms with Crippen LogP contribution in [0.4, 0.5) is 14.5 Å². The van der Waals surface area contributed by atoms with Gasteiger partial charge in [-0.25, -0.2) is 0 Å². The van der Waals surface area contributed by atoms with Gasteiger partial charge >= 0.3 is 6.61 Å². The van der Waals surface area contributed by atoms with Crippen molar-refractivity contribution in [2.24, 2.45) is 0 Å². The third-order valence-electron chi connectivity index (χ3n) is 4.18. The molecule has 1 aromatic carbocycles. The lowest BCUT2D eigenvalue weighted by molar-refractivity contribution is -0.121. The van der Waals surface area contributed by atoms with Crippen LogP contribution >= 0.6 is 0 Å². The van der Waals surface area contributed by atoms with E-state index in [0.29, 0.717) is 0 Å². The molecule has 6 heteroatoms. The Morgan fingerprint density at radius 1 is 1.13 bits per heavy atom. The number of nitrogens with one attached hydrogen (secondary N) is 1. The number of para-hydroxylation sites is 2. The number of carbonyl (C=O) groups is 1. The number of amides is 1. The van der Waals surface area contributed by atoms with Gasteiger partial charge in [0.25, 0.3) is 0 Å². The summed E-state index contributed by atoms with van der Waals surface area (Å²) < 4.78 is 29.3. The smallest absolute Gasteiger partial charge is 0.387 e. The summed E-state index contributed by atoms with van der Waals surface area (Å²) in [6.07, 6.45) is 5.81. The van der Waals surface area contributed by atoms with Crippen molar-refractivity contribution in [2.75, 3.05) is 18.4 Å². The first-order chi connectivity index (χ1) is 11.1. The molecule has 1 amide bonds. The van der Waals surface area contributed by atoms with Crippen LogP contribution in [0, 0.1) is 0 Å². The zero-order valence-electron chi connectivity index (χ0n) is 13.4. The van der Waals surface area contributed by atoms with Crippen LogP contribution in [0.15, 0.2) is 24.3 Å². The molecule has 128 valence electrons. The largest absolute Gasteiger partial charge is 0.433 e. The van der Waals surface area contributed by atoms with E-state index in [1.165, 1.54) is 25.3 Å². The minimum Gasteiger partial charge on any atom is -0.433 e. The molecule has 0 aliphatic carbocycles. The minimum absolute atomic E-state index is 0.0179. The summed E-state index contributed by atoms with van der Waals surface area (Å²) >= 11 is 0. The summed E-state index contributed by atoms with van der Waals surface area (Å²) in [5.41, 5.74) is 0.275. The number of nitrogens with zero attached hydrogens (tertiary/aromatic N) is 1. The number of anilines is 1. The number of hydrogen-bond acceptors (Lipinski definition) is 3. The van der Waals surface area contributed by atoms with Gasteiger partial charge in [-0.15, -0.1) is 0 Å². The molecule has 0 saturated carbocycles. The van der Waals surface area contributed by atoms with Crippen LogP contribution in [-0.2, 0) is 4.79 Å². The Morgan fingerprint density at radius 2 is 1.74 bits per heavy atom. The van der Waals surface area contributed by atoms with E-state index in [1.54, 1.807) is 18.2 Å². The molecular weight excluding hydrogens is 302 g/mol. The van der Waals surface area contributed by atoms with E-state index in [-0.39, 0.29) is 23.4 Å².